The van der Waals surface area contributed by atoms with Crippen molar-refractivity contribution < 1.29 is 17.2 Å². The van der Waals surface area contributed by atoms with Gasteiger partial charge in [0.15, 0.2) is 18.2 Å². The highest BCUT2D eigenvalue weighted by Crippen LogP contribution is 1.93. The maximum absolute atomic E-state index is 9.22. The summed E-state index contributed by atoms with van der Waals surface area (Å²) in [6.45, 7) is 2.08. The maximum atomic E-state index is 9.22. The molecule has 0 saturated carbocycles. The first-order valence-corrected chi connectivity index (χ1v) is 5.10. The van der Waals surface area contributed by atoms with E-state index in [2.05, 4.69) is 20.2 Å². The van der Waals surface area contributed by atoms with Crippen molar-refractivity contribution in [2.45, 2.75) is 6.92 Å². The normalized spacial score (nSPS) is 10.6. The molecule has 6 nitrogen and oxygen atoms in total. The highest BCUT2D eigenvalue weighted by Gasteiger charge is 1.99. The molecule has 82 valence electrons. The molecule has 0 fully saturated rings. The first kappa shape index (κ1) is 13.1. The van der Waals surface area contributed by atoms with Crippen LogP contribution in [0.3, 0.4) is 0 Å². The van der Waals surface area contributed by atoms with Gasteiger partial charge < -0.3 is 4.55 Å². The van der Waals surface area contributed by atoms with Crippen LogP contribution < -0.4 is 0 Å². The highest BCUT2D eigenvalue weighted by molar-refractivity contribution is 7.80. The fourth-order valence-corrected chi connectivity index (χ4v) is 0.665. The molecule has 0 atom stereocenters. The molecule has 0 unspecified atom stereocenters. The summed E-state index contributed by atoms with van der Waals surface area (Å²) < 4.78 is 35.2. The SMILES string of the molecule is COS(=O)(=O)[O-].C[c+]1n(C)ccn1C. The lowest BCUT2D eigenvalue weighted by Gasteiger charge is -1.98. The Kier molecular flexibility index (Phi) is 4.75. The largest absolute Gasteiger partial charge is 0.726 e. The van der Waals surface area contributed by atoms with Gasteiger partial charge in [-0.05, 0) is 0 Å². The number of aromatic nitrogens is 2. The Morgan fingerprint density at radius 3 is 1.64 bits per heavy atom. The van der Waals surface area contributed by atoms with Gasteiger partial charge in [0.05, 0.1) is 7.11 Å². The second kappa shape index (κ2) is 5.08. The van der Waals surface area contributed by atoms with Gasteiger partial charge >= 0.3 is 0 Å². The second-order valence-electron chi connectivity index (χ2n) is 2.64. The summed E-state index contributed by atoms with van der Waals surface area (Å²) in [5, 5.41) is 0. The van der Waals surface area contributed by atoms with Crippen molar-refractivity contribution in [3.8, 4) is 0 Å². The minimum absolute atomic E-state index is 0.808. The minimum Gasteiger partial charge on any atom is -0.726 e. The van der Waals surface area contributed by atoms with Gasteiger partial charge in [0.25, 0.3) is 0 Å². The van der Waals surface area contributed by atoms with E-state index in [4.69, 9.17) is 0 Å². The third kappa shape index (κ3) is 4.95. The lowest BCUT2D eigenvalue weighted by atomic mass is 10.7. The van der Waals surface area contributed by atoms with Gasteiger partial charge in [0.1, 0.15) is 0 Å². The molecule has 1 aromatic rings. The smallest absolute Gasteiger partial charge is 0.217 e. The summed E-state index contributed by atoms with van der Waals surface area (Å²) in [4.78, 5) is 0. The van der Waals surface area contributed by atoms with Crippen molar-refractivity contribution in [3.63, 3.8) is 0 Å². The third-order valence-electron chi connectivity index (χ3n) is 1.74. The van der Waals surface area contributed by atoms with Crippen molar-refractivity contribution in [2.24, 2.45) is 14.1 Å². The monoisotopic (exact) mass is 222 g/mol. The van der Waals surface area contributed by atoms with E-state index < -0.39 is 10.4 Å². The molecule has 1 heterocycles. The molecule has 0 aliphatic carbocycles. The van der Waals surface area contributed by atoms with Crippen LogP contribution >= 0.6 is 0 Å². The van der Waals surface area contributed by atoms with E-state index in [9.17, 15) is 13.0 Å². The van der Waals surface area contributed by atoms with Gasteiger partial charge in [0.2, 0.25) is 10.4 Å². The average Bonchev–Trinajstić information content (AvgIpc) is 2.36. The zero-order chi connectivity index (χ0) is 11.4. The van der Waals surface area contributed by atoms with Crippen LogP contribution in [0.15, 0.2) is 12.4 Å². The van der Waals surface area contributed by atoms with Gasteiger partial charge in [-0.2, -0.15) is 0 Å². The van der Waals surface area contributed by atoms with Gasteiger partial charge in [-0.25, -0.2) is 17.6 Å². The van der Waals surface area contributed by atoms with Crippen LogP contribution in [0.4, 0.5) is 0 Å². The van der Waals surface area contributed by atoms with E-state index in [1.54, 1.807) is 0 Å². The molecule has 7 heteroatoms. The maximum Gasteiger partial charge on any atom is 0.217 e. The van der Waals surface area contributed by atoms with E-state index >= 15 is 0 Å². The minimum atomic E-state index is -4.41. The van der Waals surface area contributed by atoms with E-state index in [0.29, 0.717) is 0 Å². The molecular weight excluding hydrogens is 208 g/mol. The highest BCUT2D eigenvalue weighted by atomic mass is 32.3. The lowest BCUT2D eigenvalue weighted by Crippen LogP contribution is -1.97. The number of aryl methyl sites for hydroxylation is 2. The van der Waals surface area contributed by atoms with Crippen LogP contribution in [0.2, 0.25) is 0 Å². The predicted molar refractivity (Wildman–Crippen MR) is 50.2 cm³/mol. The standard InChI is InChI=1S/C6H11N2.CH4O4S/c1-6-7(2)4-5-8(6)3;1-5-6(2,3)4/h4-5H,1-3H3;1H3,(H,2,3,4)/q+1;/p-1. The summed E-state index contributed by atoms with van der Waals surface area (Å²) >= 11 is 0. The molecule has 0 bridgehead atoms. The van der Waals surface area contributed by atoms with Crippen LogP contribution in [0, 0.1) is 6.92 Å². The number of hydrogen-bond acceptors (Lipinski definition) is 4. The Morgan fingerprint density at radius 1 is 1.29 bits per heavy atom. The first-order valence-electron chi connectivity index (χ1n) is 3.77. The summed E-state index contributed by atoms with van der Waals surface area (Å²) in [5.41, 5.74) is 0. The molecule has 0 saturated heterocycles. The summed E-state index contributed by atoms with van der Waals surface area (Å²) in [6, 6.07) is 0. The first-order chi connectivity index (χ1) is 6.28. The van der Waals surface area contributed by atoms with Crippen molar-refractivity contribution in [3.05, 3.63) is 18.2 Å². The topological polar surface area (TPSA) is 76.3 Å². The van der Waals surface area contributed by atoms with Gasteiger partial charge in [-0.3, -0.25) is 4.18 Å². The molecule has 0 N–H and O–H groups in total. The second-order valence-corrected chi connectivity index (χ2v) is 3.79. The molecule has 0 aromatic carbocycles. The number of imidazole rings is 1. The molecule has 14 heavy (non-hydrogen) atoms. The van der Waals surface area contributed by atoms with Crippen molar-refractivity contribution in [1.29, 1.82) is 0 Å². The van der Waals surface area contributed by atoms with Crippen LogP contribution in [0.1, 0.15) is 5.82 Å². The Labute approximate surface area is 83.7 Å². The summed E-state index contributed by atoms with van der Waals surface area (Å²) in [6.07, 6.45) is 4.07. The molecular formula is C7H14N2O4S. The number of nitrogens with zero attached hydrogens (tertiary/aromatic N) is 2. The van der Waals surface area contributed by atoms with E-state index in [1.807, 2.05) is 26.5 Å². The molecule has 0 radical (unpaired) electrons. The van der Waals surface area contributed by atoms with Crippen molar-refractivity contribution in [1.82, 2.24) is 9.13 Å². The third-order valence-corrected chi connectivity index (χ3v) is 2.15. The van der Waals surface area contributed by atoms with E-state index in [-0.39, 0.29) is 0 Å². The average molecular weight is 222 g/mol. The van der Waals surface area contributed by atoms with Gasteiger partial charge in [0, 0.05) is 21.0 Å². The fraction of sp³-hybridized carbons (Fsp3) is 0.571. The summed E-state index contributed by atoms with van der Waals surface area (Å²) in [5.74, 6) is 1.27. The van der Waals surface area contributed by atoms with Crippen molar-refractivity contribution in [2.75, 3.05) is 7.11 Å². The quantitative estimate of drug-likeness (QED) is 0.382. The van der Waals surface area contributed by atoms with E-state index in [0.717, 1.165) is 7.11 Å². The van der Waals surface area contributed by atoms with Crippen LogP contribution in [0.5, 0.6) is 0 Å². The van der Waals surface area contributed by atoms with E-state index in [1.165, 1.54) is 5.82 Å². The molecule has 0 aliphatic heterocycles. The Morgan fingerprint density at radius 2 is 1.57 bits per heavy atom. The molecule has 0 amide bonds. The molecule has 1 rings (SSSR count). The fourth-order valence-electron chi connectivity index (χ4n) is 0.665. The number of hydrogen-bond donors (Lipinski definition) is 0. The predicted octanol–water partition coefficient (Wildman–Crippen LogP) is 0.0461. The Balaban J connectivity index is 0.000000255. The van der Waals surface area contributed by atoms with Crippen LogP contribution in [-0.4, -0.2) is 29.2 Å². The molecule has 0 spiro atoms. The Bertz CT molecular complexity index is 363. The number of rotatable bonds is 1. The summed E-state index contributed by atoms with van der Waals surface area (Å²) in [7, 11) is 0.470. The van der Waals surface area contributed by atoms with Gasteiger partial charge in [-0.1, -0.05) is 0 Å². The van der Waals surface area contributed by atoms with Crippen molar-refractivity contribution >= 4 is 10.4 Å². The molecule has 1 aromatic heterocycles. The van der Waals surface area contributed by atoms with Crippen LogP contribution in [0.25, 0.3) is 0 Å². The molecule has 0 aliphatic rings. The van der Waals surface area contributed by atoms with Gasteiger partial charge in [-0.15, -0.1) is 0 Å². The zero-order valence-corrected chi connectivity index (χ0v) is 9.41. The lowest BCUT2D eigenvalue weighted by molar-refractivity contribution is 0.314. The zero-order valence-electron chi connectivity index (χ0n) is 8.59. The van der Waals surface area contributed by atoms with Crippen LogP contribution in [-0.2, 0) is 28.7 Å². The Hall–Kier alpha value is -0.920.